The molecule has 0 bridgehead atoms. The summed E-state index contributed by atoms with van der Waals surface area (Å²) in [6.45, 7) is 1.97. The van der Waals surface area contributed by atoms with Crippen molar-refractivity contribution < 1.29 is 0 Å². The van der Waals surface area contributed by atoms with Gasteiger partial charge in [0.1, 0.15) is 5.82 Å². The molecule has 0 aliphatic heterocycles. The van der Waals surface area contributed by atoms with Crippen LogP contribution in [0.4, 0.5) is 0 Å². The average molecular weight is 282 g/mol. The first-order valence-electron chi connectivity index (χ1n) is 6.23. The third-order valence-electron chi connectivity index (χ3n) is 3.43. The number of aryl methyl sites for hydroxylation is 2. The lowest BCUT2D eigenvalue weighted by molar-refractivity contribution is 0.959. The van der Waals surface area contributed by atoms with Crippen LogP contribution < -0.4 is 0 Å². The van der Waals surface area contributed by atoms with E-state index in [2.05, 4.69) is 11.1 Å². The van der Waals surface area contributed by atoms with E-state index in [1.807, 2.05) is 48.9 Å². The molecule has 3 nitrogen and oxygen atoms in total. The van der Waals surface area contributed by atoms with E-state index >= 15 is 0 Å². The normalized spacial score (nSPS) is 10.7. The zero-order valence-corrected chi connectivity index (χ0v) is 11.9. The molecule has 20 heavy (non-hydrogen) atoms. The van der Waals surface area contributed by atoms with E-state index in [1.54, 1.807) is 6.07 Å². The Morgan fingerprint density at radius 3 is 2.70 bits per heavy atom. The van der Waals surface area contributed by atoms with E-state index < -0.39 is 0 Å². The summed E-state index contributed by atoms with van der Waals surface area (Å²) in [4.78, 5) is 4.63. The van der Waals surface area contributed by atoms with E-state index in [9.17, 15) is 0 Å². The molecule has 1 heterocycles. The molecule has 98 valence electrons. The van der Waals surface area contributed by atoms with Gasteiger partial charge in [-0.3, -0.25) is 0 Å². The van der Waals surface area contributed by atoms with Crippen LogP contribution in [0.2, 0.25) is 5.02 Å². The first-order valence-corrected chi connectivity index (χ1v) is 6.61. The first kappa shape index (κ1) is 12.7. The summed E-state index contributed by atoms with van der Waals surface area (Å²) in [6, 6.07) is 13.5. The van der Waals surface area contributed by atoms with Crippen molar-refractivity contribution in [2.45, 2.75) is 6.92 Å². The largest absolute Gasteiger partial charge is 0.327 e. The fraction of sp³-hybridized carbons (Fsp3) is 0.125. The van der Waals surface area contributed by atoms with Gasteiger partial charge in [-0.15, -0.1) is 0 Å². The molecule has 0 aliphatic rings. The van der Waals surface area contributed by atoms with E-state index in [4.69, 9.17) is 16.9 Å². The van der Waals surface area contributed by atoms with Crippen molar-refractivity contribution in [3.63, 3.8) is 0 Å². The van der Waals surface area contributed by atoms with Crippen molar-refractivity contribution in [1.29, 1.82) is 5.26 Å². The van der Waals surface area contributed by atoms with Crippen LogP contribution in [0.1, 0.15) is 11.1 Å². The van der Waals surface area contributed by atoms with Crippen LogP contribution in [-0.4, -0.2) is 9.55 Å². The predicted octanol–water partition coefficient (Wildman–Crippen LogP) is 4.07. The number of halogens is 1. The highest BCUT2D eigenvalue weighted by atomic mass is 35.5. The number of benzene rings is 2. The number of nitriles is 1. The highest BCUT2D eigenvalue weighted by Crippen LogP contribution is 2.27. The Labute approximate surface area is 122 Å². The number of rotatable bonds is 1. The van der Waals surface area contributed by atoms with Crippen LogP contribution in [0.25, 0.3) is 22.4 Å². The van der Waals surface area contributed by atoms with Gasteiger partial charge in [-0.25, -0.2) is 4.98 Å². The van der Waals surface area contributed by atoms with Gasteiger partial charge in [-0.1, -0.05) is 11.6 Å². The third kappa shape index (κ3) is 1.95. The van der Waals surface area contributed by atoms with Crippen LogP contribution in [0.5, 0.6) is 0 Å². The van der Waals surface area contributed by atoms with Crippen LogP contribution in [0, 0.1) is 18.3 Å². The molecule has 0 unspecified atom stereocenters. The van der Waals surface area contributed by atoms with Crippen molar-refractivity contribution in [3.8, 4) is 17.5 Å². The van der Waals surface area contributed by atoms with Crippen LogP contribution in [0.15, 0.2) is 36.4 Å². The molecule has 0 amide bonds. The van der Waals surface area contributed by atoms with Gasteiger partial charge in [0, 0.05) is 17.6 Å². The molecular formula is C16H12ClN3. The van der Waals surface area contributed by atoms with E-state index in [1.165, 1.54) is 0 Å². The van der Waals surface area contributed by atoms with Crippen LogP contribution >= 0.6 is 11.6 Å². The Hall–Kier alpha value is -2.31. The fourth-order valence-electron chi connectivity index (χ4n) is 2.31. The van der Waals surface area contributed by atoms with Gasteiger partial charge in [0.2, 0.25) is 0 Å². The minimum atomic E-state index is 0.620. The summed E-state index contributed by atoms with van der Waals surface area (Å²) >= 11 is 6.06. The van der Waals surface area contributed by atoms with Gasteiger partial charge in [-0.05, 0) is 48.9 Å². The van der Waals surface area contributed by atoms with E-state index in [-0.39, 0.29) is 0 Å². The molecule has 4 heteroatoms. The Balaban J connectivity index is 2.23. The summed E-state index contributed by atoms with van der Waals surface area (Å²) < 4.78 is 2.03. The molecule has 0 saturated carbocycles. The fourth-order valence-corrected chi connectivity index (χ4v) is 2.43. The molecule has 0 spiro atoms. The molecule has 3 aromatic rings. The van der Waals surface area contributed by atoms with Gasteiger partial charge in [-0.2, -0.15) is 5.26 Å². The van der Waals surface area contributed by atoms with Crippen LogP contribution in [-0.2, 0) is 7.05 Å². The Morgan fingerprint density at radius 1 is 1.20 bits per heavy atom. The second-order valence-electron chi connectivity index (χ2n) is 4.77. The van der Waals surface area contributed by atoms with Crippen molar-refractivity contribution in [1.82, 2.24) is 9.55 Å². The van der Waals surface area contributed by atoms with Crippen molar-refractivity contribution in [3.05, 3.63) is 52.5 Å². The lowest BCUT2D eigenvalue weighted by Crippen LogP contribution is -1.92. The summed E-state index contributed by atoms with van der Waals surface area (Å²) in [5.74, 6) is 0.870. The van der Waals surface area contributed by atoms with Crippen LogP contribution in [0.3, 0.4) is 0 Å². The van der Waals surface area contributed by atoms with E-state index in [0.717, 1.165) is 33.0 Å². The summed E-state index contributed by atoms with van der Waals surface area (Å²) in [5, 5.41) is 9.71. The minimum absolute atomic E-state index is 0.620. The molecule has 0 radical (unpaired) electrons. The maximum Gasteiger partial charge on any atom is 0.140 e. The van der Waals surface area contributed by atoms with Gasteiger partial charge in [0.25, 0.3) is 0 Å². The van der Waals surface area contributed by atoms with Crippen molar-refractivity contribution in [2.75, 3.05) is 0 Å². The second kappa shape index (κ2) is 4.66. The van der Waals surface area contributed by atoms with Crippen molar-refractivity contribution >= 4 is 22.6 Å². The maximum atomic E-state index is 8.96. The zero-order valence-electron chi connectivity index (χ0n) is 11.2. The summed E-state index contributed by atoms with van der Waals surface area (Å²) in [7, 11) is 1.97. The number of hydrogen-bond acceptors (Lipinski definition) is 2. The monoisotopic (exact) mass is 281 g/mol. The van der Waals surface area contributed by atoms with Gasteiger partial charge in [0.15, 0.2) is 0 Å². The average Bonchev–Trinajstić information content (AvgIpc) is 2.78. The molecule has 0 N–H and O–H groups in total. The quantitative estimate of drug-likeness (QED) is 0.674. The lowest BCUT2D eigenvalue weighted by atomic mass is 10.1. The molecule has 0 saturated heterocycles. The predicted molar refractivity (Wildman–Crippen MR) is 80.6 cm³/mol. The topological polar surface area (TPSA) is 41.6 Å². The lowest BCUT2D eigenvalue weighted by Gasteiger charge is -2.04. The molecule has 1 aromatic heterocycles. The number of nitrogens with zero attached hydrogens (tertiary/aromatic N) is 3. The molecule has 3 rings (SSSR count). The third-order valence-corrected chi connectivity index (χ3v) is 3.85. The Kier molecular flexibility index (Phi) is 2.96. The van der Waals surface area contributed by atoms with Gasteiger partial charge < -0.3 is 4.57 Å². The molecule has 0 atom stereocenters. The highest BCUT2D eigenvalue weighted by Gasteiger charge is 2.11. The minimum Gasteiger partial charge on any atom is -0.327 e. The molecule has 2 aromatic carbocycles. The number of aromatic nitrogens is 2. The summed E-state index contributed by atoms with van der Waals surface area (Å²) in [5.41, 5.74) is 4.49. The SMILES string of the molecule is Cc1cc(-c2nc3cc(C#N)ccc3n2C)ccc1Cl. The van der Waals surface area contributed by atoms with E-state index in [0.29, 0.717) is 5.56 Å². The molecular weight excluding hydrogens is 270 g/mol. The number of hydrogen-bond donors (Lipinski definition) is 0. The zero-order chi connectivity index (χ0) is 14.3. The number of fused-ring (bicyclic) bond motifs is 1. The smallest absolute Gasteiger partial charge is 0.140 e. The van der Waals surface area contributed by atoms with Crippen molar-refractivity contribution in [2.24, 2.45) is 7.05 Å². The molecule has 0 aliphatic carbocycles. The Bertz CT molecular complexity index is 856. The van der Waals surface area contributed by atoms with Gasteiger partial charge >= 0.3 is 0 Å². The van der Waals surface area contributed by atoms with Gasteiger partial charge in [0.05, 0.1) is 22.7 Å². The first-order chi connectivity index (χ1) is 9.60. The Morgan fingerprint density at radius 2 is 2.00 bits per heavy atom. The number of imidazole rings is 1. The summed E-state index contributed by atoms with van der Waals surface area (Å²) in [6.07, 6.45) is 0. The maximum absolute atomic E-state index is 8.96. The standard InChI is InChI=1S/C16H12ClN3/c1-10-7-12(4-5-13(10)17)16-19-14-8-11(9-18)3-6-15(14)20(16)2/h3-8H,1-2H3. The highest BCUT2D eigenvalue weighted by molar-refractivity contribution is 6.31. The second-order valence-corrected chi connectivity index (χ2v) is 5.18. The molecule has 0 fully saturated rings.